The van der Waals surface area contributed by atoms with Gasteiger partial charge < -0.3 is 29.0 Å². The summed E-state index contributed by atoms with van der Waals surface area (Å²) >= 11 is 0. The number of pyridine rings is 1. The Balaban J connectivity index is 0.00000274. The minimum absolute atomic E-state index is 0. The van der Waals surface area contributed by atoms with Crippen molar-refractivity contribution in [1.29, 1.82) is 0 Å². The Labute approximate surface area is 206 Å². The van der Waals surface area contributed by atoms with Crippen LogP contribution in [0.1, 0.15) is 18.4 Å². The van der Waals surface area contributed by atoms with Gasteiger partial charge in [-0.1, -0.05) is 18.2 Å². The first-order valence-corrected chi connectivity index (χ1v) is 11.7. The lowest BCUT2D eigenvalue weighted by atomic mass is 10.0. The lowest BCUT2D eigenvalue weighted by Gasteiger charge is -2.32. The van der Waals surface area contributed by atoms with E-state index < -0.39 is 0 Å². The molecule has 1 N–H and O–H groups in total. The number of aromatic nitrogens is 1. The van der Waals surface area contributed by atoms with Crippen LogP contribution in [-0.4, -0.2) is 55.5 Å². The fourth-order valence-corrected chi connectivity index (χ4v) is 4.77. The number of rotatable bonds is 7. The van der Waals surface area contributed by atoms with E-state index in [9.17, 15) is 4.79 Å². The SMILES string of the molecule is COc1cc(=O)n(CCN2CCC(NCc3ccc4c(c3)OCCO4)CC2)c2ccccc12.Cl. The van der Waals surface area contributed by atoms with Crippen LogP contribution in [0.3, 0.4) is 0 Å². The van der Waals surface area contributed by atoms with Gasteiger partial charge in [-0.2, -0.15) is 0 Å². The van der Waals surface area contributed by atoms with E-state index in [4.69, 9.17) is 14.2 Å². The van der Waals surface area contributed by atoms with E-state index in [2.05, 4.69) is 22.3 Å². The maximum absolute atomic E-state index is 12.7. The summed E-state index contributed by atoms with van der Waals surface area (Å²) in [7, 11) is 1.61. The third-order valence-electron chi connectivity index (χ3n) is 6.63. The van der Waals surface area contributed by atoms with Crippen molar-refractivity contribution in [2.75, 3.05) is 40.0 Å². The summed E-state index contributed by atoms with van der Waals surface area (Å²) in [6.45, 7) is 5.66. The largest absolute Gasteiger partial charge is 0.496 e. The average molecular weight is 486 g/mol. The molecule has 0 amide bonds. The Kier molecular flexibility index (Phi) is 7.98. The van der Waals surface area contributed by atoms with Crippen LogP contribution in [0.5, 0.6) is 17.2 Å². The van der Waals surface area contributed by atoms with Gasteiger partial charge >= 0.3 is 0 Å². The van der Waals surface area contributed by atoms with Crippen molar-refractivity contribution in [3.63, 3.8) is 0 Å². The number of nitrogens with zero attached hydrogens (tertiary/aromatic N) is 2. The van der Waals surface area contributed by atoms with Gasteiger partial charge in [0.05, 0.1) is 12.6 Å². The van der Waals surface area contributed by atoms with Gasteiger partial charge in [0, 0.05) is 37.1 Å². The molecule has 1 saturated heterocycles. The van der Waals surface area contributed by atoms with Crippen molar-refractivity contribution in [3.05, 3.63) is 64.4 Å². The predicted octanol–water partition coefficient (Wildman–Crippen LogP) is 3.46. The molecule has 0 radical (unpaired) electrons. The average Bonchev–Trinajstić information content (AvgIpc) is 2.87. The van der Waals surface area contributed by atoms with Crippen LogP contribution in [0, 0.1) is 0 Å². The van der Waals surface area contributed by atoms with E-state index in [0.717, 1.165) is 61.4 Å². The number of ether oxygens (including phenoxy) is 3. The Morgan fingerprint density at radius 3 is 2.56 bits per heavy atom. The van der Waals surface area contributed by atoms with E-state index >= 15 is 0 Å². The Morgan fingerprint density at radius 2 is 1.76 bits per heavy atom. The van der Waals surface area contributed by atoms with Crippen molar-refractivity contribution in [2.24, 2.45) is 0 Å². The molecule has 0 aliphatic carbocycles. The van der Waals surface area contributed by atoms with Gasteiger partial charge in [-0.15, -0.1) is 12.4 Å². The molecule has 0 spiro atoms. The molecule has 2 aliphatic rings. The highest BCUT2D eigenvalue weighted by atomic mass is 35.5. The summed E-state index contributed by atoms with van der Waals surface area (Å²) in [5.74, 6) is 2.32. The lowest BCUT2D eigenvalue weighted by Crippen LogP contribution is -2.43. The van der Waals surface area contributed by atoms with Crippen LogP contribution in [0.4, 0.5) is 0 Å². The molecule has 0 bridgehead atoms. The van der Waals surface area contributed by atoms with Gasteiger partial charge in [0.2, 0.25) is 0 Å². The van der Waals surface area contributed by atoms with E-state index in [0.29, 0.717) is 31.5 Å². The fourth-order valence-electron chi connectivity index (χ4n) is 4.77. The highest BCUT2D eigenvalue weighted by Crippen LogP contribution is 2.30. The minimum atomic E-state index is -0.0125. The third kappa shape index (κ3) is 5.32. The van der Waals surface area contributed by atoms with Gasteiger partial charge in [-0.05, 0) is 55.8 Å². The zero-order chi connectivity index (χ0) is 22.6. The highest BCUT2D eigenvalue weighted by molar-refractivity contribution is 5.85. The molecule has 0 saturated carbocycles. The van der Waals surface area contributed by atoms with E-state index in [1.54, 1.807) is 13.2 Å². The highest BCUT2D eigenvalue weighted by Gasteiger charge is 2.20. The monoisotopic (exact) mass is 485 g/mol. The fraction of sp³-hybridized carbons (Fsp3) is 0.423. The predicted molar refractivity (Wildman–Crippen MR) is 136 cm³/mol. The lowest BCUT2D eigenvalue weighted by molar-refractivity contribution is 0.171. The molecule has 3 aromatic rings. The molecule has 3 heterocycles. The summed E-state index contributed by atoms with van der Waals surface area (Å²) in [4.78, 5) is 15.1. The molecule has 2 aliphatic heterocycles. The van der Waals surface area contributed by atoms with Crippen LogP contribution >= 0.6 is 12.4 Å². The van der Waals surface area contributed by atoms with Crippen molar-refractivity contribution in [3.8, 4) is 17.2 Å². The zero-order valence-electron chi connectivity index (χ0n) is 19.5. The van der Waals surface area contributed by atoms with Crippen molar-refractivity contribution < 1.29 is 14.2 Å². The molecule has 34 heavy (non-hydrogen) atoms. The summed E-state index contributed by atoms with van der Waals surface area (Å²) < 4.78 is 18.6. The number of hydrogen-bond donors (Lipinski definition) is 1. The number of likely N-dealkylation sites (tertiary alicyclic amines) is 1. The van der Waals surface area contributed by atoms with Crippen LogP contribution in [0.15, 0.2) is 53.3 Å². The number of hydrogen-bond acceptors (Lipinski definition) is 6. The molecule has 2 aromatic carbocycles. The number of fused-ring (bicyclic) bond motifs is 2. The summed E-state index contributed by atoms with van der Waals surface area (Å²) in [5, 5.41) is 4.67. The first kappa shape index (κ1) is 24.4. The van der Waals surface area contributed by atoms with Crippen LogP contribution in [-0.2, 0) is 13.1 Å². The second-order valence-electron chi connectivity index (χ2n) is 8.69. The number of methoxy groups -OCH3 is 1. The molecule has 1 aromatic heterocycles. The quantitative estimate of drug-likeness (QED) is 0.553. The molecule has 0 atom stereocenters. The van der Waals surface area contributed by atoms with Crippen molar-refractivity contribution in [1.82, 2.24) is 14.8 Å². The first-order valence-electron chi connectivity index (χ1n) is 11.7. The van der Waals surface area contributed by atoms with E-state index in [1.165, 1.54) is 5.56 Å². The molecule has 182 valence electrons. The number of piperidine rings is 1. The van der Waals surface area contributed by atoms with Crippen LogP contribution < -0.4 is 25.1 Å². The van der Waals surface area contributed by atoms with Gasteiger partial charge in [-0.25, -0.2) is 0 Å². The zero-order valence-corrected chi connectivity index (χ0v) is 20.3. The molecule has 1 fully saturated rings. The van der Waals surface area contributed by atoms with Crippen molar-refractivity contribution in [2.45, 2.75) is 32.0 Å². The molecular weight excluding hydrogens is 454 g/mol. The third-order valence-corrected chi connectivity index (χ3v) is 6.63. The second-order valence-corrected chi connectivity index (χ2v) is 8.69. The number of benzene rings is 2. The standard InChI is InChI=1S/C26H31N3O4.ClH/c1-31-24-17-26(30)29(22-5-3-2-4-21(22)24)13-12-28-10-8-20(9-11-28)27-18-19-6-7-23-25(16-19)33-15-14-32-23;/h2-7,16-17,20,27H,8-15,18H2,1H3;1H. The number of para-hydroxylation sites is 1. The molecule has 8 heteroatoms. The van der Waals surface area contributed by atoms with E-state index in [-0.39, 0.29) is 18.0 Å². The number of halogens is 1. The van der Waals surface area contributed by atoms with Crippen molar-refractivity contribution >= 4 is 23.3 Å². The van der Waals surface area contributed by atoms with Gasteiger partial charge in [0.1, 0.15) is 19.0 Å². The first-order chi connectivity index (χ1) is 16.2. The van der Waals surface area contributed by atoms with Gasteiger partial charge in [0.15, 0.2) is 11.5 Å². The maximum atomic E-state index is 12.7. The summed E-state index contributed by atoms with van der Waals surface area (Å²) in [5.41, 5.74) is 2.13. The summed E-state index contributed by atoms with van der Waals surface area (Å²) in [6, 6.07) is 16.2. The van der Waals surface area contributed by atoms with Crippen LogP contribution in [0.2, 0.25) is 0 Å². The van der Waals surface area contributed by atoms with Gasteiger partial charge in [0.25, 0.3) is 5.56 Å². The minimum Gasteiger partial charge on any atom is -0.496 e. The van der Waals surface area contributed by atoms with Gasteiger partial charge in [-0.3, -0.25) is 4.79 Å². The maximum Gasteiger partial charge on any atom is 0.254 e. The van der Waals surface area contributed by atoms with Crippen LogP contribution in [0.25, 0.3) is 10.9 Å². The molecule has 5 rings (SSSR count). The Hall–Kier alpha value is -2.74. The number of nitrogens with one attached hydrogen (secondary N) is 1. The topological polar surface area (TPSA) is 65.0 Å². The molecular formula is C26H32ClN3O4. The Morgan fingerprint density at radius 1 is 1.00 bits per heavy atom. The normalized spacial score (nSPS) is 16.3. The Bertz CT molecular complexity index is 1170. The molecule has 0 unspecified atom stereocenters. The summed E-state index contributed by atoms with van der Waals surface area (Å²) in [6.07, 6.45) is 2.20. The van der Waals surface area contributed by atoms with E-state index in [1.807, 2.05) is 34.9 Å². The molecule has 7 nitrogen and oxygen atoms in total. The second kappa shape index (κ2) is 11.1. The smallest absolute Gasteiger partial charge is 0.254 e.